The lowest BCUT2D eigenvalue weighted by molar-refractivity contribution is 0.0695. The highest BCUT2D eigenvalue weighted by Crippen LogP contribution is 2.19. The Labute approximate surface area is 97.7 Å². The Morgan fingerprint density at radius 2 is 2.18 bits per heavy atom. The van der Waals surface area contributed by atoms with Gasteiger partial charge in [-0.15, -0.1) is 0 Å². The summed E-state index contributed by atoms with van der Waals surface area (Å²) in [5, 5.41) is 13.2. The van der Waals surface area contributed by atoms with E-state index in [1.165, 1.54) is 4.68 Å². The normalized spacial score (nSPS) is 10.5. The number of nitrogens with zero attached hydrogens (tertiary/aromatic N) is 3. The van der Waals surface area contributed by atoms with E-state index in [-0.39, 0.29) is 5.56 Å². The van der Waals surface area contributed by atoms with E-state index in [1.54, 1.807) is 32.2 Å². The van der Waals surface area contributed by atoms with Crippen molar-refractivity contribution in [3.8, 4) is 5.82 Å². The van der Waals surface area contributed by atoms with Gasteiger partial charge in [0.25, 0.3) is 0 Å². The number of carbonyl (C=O) groups is 1. The third-order valence-electron chi connectivity index (χ3n) is 2.52. The Bertz CT molecular complexity index is 589. The standard InChI is InChI=1S/C11H12N4O2/c1-6-9(11(16)17)7(2)15(14-6)10-8(12)4-3-5-13-10/h3-5H,12H2,1-2H3,(H,16,17). The number of aromatic nitrogens is 3. The molecule has 88 valence electrons. The molecule has 0 saturated heterocycles. The SMILES string of the molecule is Cc1nn(-c2ncccc2N)c(C)c1C(=O)O. The highest BCUT2D eigenvalue weighted by molar-refractivity contribution is 5.90. The number of pyridine rings is 1. The summed E-state index contributed by atoms with van der Waals surface area (Å²) in [7, 11) is 0. The lowest BCUT2D eigenvalue weighted by Gasteiger charge is -2.05. The Morgan fingerprint density at radius 3 is 2.71 bits per heavy atom. The van der Waals surface area contributed by atoms with E-state index < -0.39 is 5.97 Å². The fraction of sp³-hybridized carbons (Fsp3) is 0.182. The van der Waals surface area contributed by atoms with Gasteiger partial charge in [0.1, 0.15) is 5.56 Å². The zero-order chi connectivity index (χ0) is 12.6. The Kier molecular flexibility index (Phi) is 2.55. The van der Waals surface area contributed by atoms with Gasteiger partial charge in [0.2, 0.25) is 0 Å². The smallest absolute Gasteiger partial charge is 0.339 e. The van der Waals surface area contributed by atoms with Crippen LogP contribution in [0.3, 0.4) is 0 Å². The molecule has 2 aromatic rings. The van der Waals surface area contributed by atoms with Crippen molar-refractivity contribution in [3.63, 3.8) is 0 Å². The highest BCUT2D eigenvalue weighted by atomic mass is 16.4. The summed E-state index contributed by atoms with van der Waals surface area (Å²) in [6, 6.07) is 3.40. The van der Waals surface area contributed by atoms with Crippen molar-refractivity contribution in [2.24, 2.45) is 0 Å². The van der Waals surface area contributed by atoms with E-state index in [1.807, 2.05) is 0 Å². The summed E-state index contributed by atoms with van der Waals surface area (Å²) in [4.78, 5) is 15.2. The Morgan fingerprint density at radius 1 is 1.47 bits per heavy atom. The highest BCUT2D eigenvalue weighted by Gasteiger charge is 2.19. The number of carboxylic acid groups (broad SMARTS) is 1. The molecule has 0 aromatic carbocycles. The predicted octanol–water partition coefficient (Wildman–Crippen LogP) is 1.16. The van der Waals surface area contributed by atoms with Gasteiger partial charge < -0.3 is 10.8 Å². The Balaban J connectivity index is 2.66. The van der Waals surface area contributed by atoms with Crippen LogP contribution >= 0.6 is 0 Å². The summed E-state index contributed by atoms with van der Waals surface area (Å²) in [5.74, 6) is -0.554. The van der Waals surface area contributed by atoms with Crippen LogP contribution in [0.1, 0.15) is 21.7 Å². The van der Waals surface area contributed by atoms with Gasteiger partial charge in [-0.2, -0.15) is 5.10 Å². The van der Waals surface area contributed by atoms with Gasteiger partial charge in [0.15, 0.2) is 5.82 Å². The fourth-order valence-corrected chi connectivity index (χ4v) is 1.74. The summed E-state index contributed by atoms with van der Waals surface area (Å²) in [5.41, 5.74) is 7.39. The van der Waals surface area contributed by atoms with Crippen LogP contribution < -0.4 is 5.73 Å². The first-order valence-electron chi connectivity index (χ1n) is 5.02. The number of hydrogen-bond acceptors (Lipinski definition) is 4. The maximum absolute atomic E-state index is 11.1. The monoisotopic (exact) mass is 232 g/mol. The van der Waals surface area contributed by atoms with E-state index in [2.05, 4.69) is 10.1 Å². The average molecular weight is 232 g/mol. The van der Waals surface area contributed by atoms with Gasteiger partial charge >= 0.3 is 5.97 Å². The molecular weight excluding hydrogens is 220 g/mol. The van der Waals surface area contributed by atoms with Crippen molar-refractivity contribution in [3.05, 3.63) is 35.3 Å². The lowest BCUT2D eigenvalue weighted by atomic mass is 10.2. The quantitative estimate of drug-likeness (QED) is 0.810. The van der Waals surface area contributed by atoms with E-state index in [4.69, 9.17) is 10.8 Å². The number of hydrogen-bond donors (Lipinski definition) is 2. The van der Waals surface area contributed by atoms with Gasteiger partial charge in [0, 0.05) is 6.20 Å². The molecule has 2 rings (SSSR count). The summed E-state index contributed by atoms with van der Waals surface area (Å²) in [6.45, 7) is 3.32. The molecule has 0 spiro atoms. The average Bonchev–Trinajstić information content (AvgIpc) is 2.55. The van der Waals surface area contributed by atoms with E-state index in [0.29, 0.717) is 22.9 Å². The molecule has 0 fully saturated rings. The number of aryl methyl sites for hydroxylation is 1. The molecule has 0 unspecified atom stereocenters. The van der Waals surface area contributed by atoms with Crippen LogP contribution in [0.5, 0.6) is 0 Å². The molecule has 0 atom stereocenters. The van der Waals surface area contributed by atoms with Gasteiger partial charge in [-0.05, 0) is 26.0 Å². The van der Waals surface area contributed by atoms with Crippen molar-refractivity contribution in [2.75, 3.05) is 5.73 Å². The fourth-order valence-electron chi connectivity index (χ4n) is 1.74. The number of rotatable bonds is 2. The van der Waals surface area contributed by atoms with Crippen LogP contribution in [0.4, 0.5) is 5.69 Å². The zero-order valence-corrected chi connectivity index (χ0v) is 9.51. The van der Waals surface area contributed by atoms with Crippen LogP contribution in [0, 0.1) is 13.8 Å². The summed E-state index contributed by atoms with van der Waals surface area (Å²) >= 11 is 0. The topological polar surface area (TPSA) is 94.0 Å². The number of aromatic carboxylic acids is 1. The molecule has 0 saturated carbocycles. The second-order valence-electron chi connectivity index (χ2n) is 3.68. The van der Waals surface area contributed by atoms with Crippen molar-refractivity contribution in [1.82, 2.24) is 14.8 Å². The second kappa shape index (κ2) is 3.89. The Hall–Kier alpha value is -2.37. The first-order chi connectivity index (χ1) is 8.02. The van der Waals surface area contributed by atoms with Crippen LogP contribution in [0.25, 0.3) is 5.82 Å². The number of nitrogens with two attached hydrogens (primary N) is 1. The second-order valence-corrected chi connectivity index (χ2v) is 3.68. The van der Waals surface area contributed by atoms with Crippen molar-refractivity contribution in [2.45, 2.75) is 13.8 Å². The maximum atomic E-state index is 11.1. The van der Waals surface area contributed by atoms with Crippen LogP contribution in [0.15, 0.2) is 18.3 Å². The van der Waals surface area contributed by atoms with Gasteiger partial charge in [0.05, 0.1) is 17.1 Å². The van der Waals surface area contributed by atoms with Crippen LogP contribution in [-0.2, 0) is 0 Å². The van der Waals surface area contributed by atoms with Gasteiger partial charge in [-0.25, -0.2) is 14.5 Å². The third kappa shape index (κ3) is 1.73. The maximum Gasteiger partial charge on any atom is 0.339 e. The molecule has 2 aromatic heterocycles. The molecule has 0 bridgehead atoms. The number of anilines is 1. The predicted molar refractivity (Wildman–Crippen MR) is 62.2 cm³/mol. The number of carboxylic acids is 1. The van der Waals surface area contributed by atoms with Crippen LogP contribution in [-0.4, -0.2) is 25.8 Å². The number of nitrogen functional groups attached to an aromatic ring is 1. The van der Waals surface area contributed by atoms with Crippen molar-refractivity contribution in [1.29, 1.82) is 0 Å². The molecule has 0 aliphatic rings. The third-order valence-corrected chi connectivity index (χ3v) is 2.52. The summed E-state index contributed by atoms with van der Waals surface area (Å²) < 4.78 is 1.45. The molecule has 3 N–H and O–H groups in total. The largest absolute Gasteiger partial charge is 0.478 e. The minimum atomic E-state index is -0.999. The molecule has 0 radical (unpaired) electrons. The van der Waals surface area contributed by atoms with Crippen LogP contribution in [0.2, 0.25) is 0 Å². The van der Waals surface area contributed by atoms with Crippen molar-refractivity contribution < 1.29 is 9.90 Å². The molecule has 0 amide bonds. The first-order valence-corrected chi connectivity index (χ1v) is 5.02. The van der Waals surface area contributed by atoms with Gasteiger partial charge in [-0.3, -0.25) is 0 Å². The molecular formula is C11H12N4O2. The minimum Gasteiger partial charge on any atom is -0.478 e. The van der Waals surface area contributed by atoms with E-state index in [9.17, 15) is 4.79 Å². The lowest BCUT2D eigenvalue weighted by Crippen LogP contribution is -2.06. The van der Waals surface area contributed by atoms with E-state index >= 15 is 0 Å². The molecule has 6 heteroatoms. The summed E-state index contributed by atoms with van der Waals surface area (Å²) in [6.07, 6.45) is 1.59. The molecule has 0 aliphatic heterocycles. The van der Waals surface area contributed by atoms with Crippen molar-refractivity contribution >= 4 is 11.7 Å². The zero-order valence-electron chi connectivity index (χ0n) is 9.51. The first kappa shape index (κ1) is 11.1. The van der Waals surface area contributed by atoms with Gasteiger partial charge in [-0.1, -0.05) is 0 Å². The molecule has 2 heterocycles. The minimum absolute atomic E-state index is 0.190. The van der Waals surface area contributed by atoms with E-state index in [0.717, 1.165) is 0 Å². The molecule has 0 aliphatic carbocycles. The molecule has 6 nitrogen and oxygen atoms in total. The molecule has 17 heavy (non-hydrogen) atoms.